The van der Waals surface area contributed by atoms with Gasteiger partial charge in [0.15, 0.2) is 9.34 Å². The van der Waals surface area contributed by atoms with Crippen molar-refractivity contribution in [3.8, 4) is 0 Å². The first-order chi connectivity index (χ1) is 9.84. The number of halogens is 1. The Kier molecular flexibility index (Phi) is 7.62. The smallest absolute Gasteiger partial charge is 0.272 e. The average molecular weight is 353 g/mol. The Morgan fingerprint density at radius 1 is 1.24 bits per heavy atom. The number of hydrogen-bond acceptors (Lipinski definition) is 5. The highest BCUT2D eigenvalue weighted by molar-refractivity contribution is 8.15. The van der Waals surface area contributed by atoms with E-state index in [0.717, 1.165) is 30.6 Å². The molecule has 1 aromatic heterocycles. The van der Waals surface area contributed by atoms with Gasteiger partial charge in [0, 0.05) is 17.1 Å². The average Bonchev–Trinajstić information content (AvgIpc) is 2.74. The number of thiazole rings is 1. The zero-order valence-corrected chi connectivity index (χ0v) is 14.7. The number of carbonyl (C=O) groups is 1. The van der Waals surface area contributed by atoms with Crippen LogP contribution in [0.25, 0.3) is 0 Å². The predicted molar refractivity (Wildman–Crippen MR) is 86.5 cm³/mol. The molecule has 0 aliphatic rings. The van der Waals surface area contributed by atoms with Crippen LogP contribution in [0.4, 0.5) is 5.13 Å². The van der Waals surface area contributed by atoms with E-state index in [2.05, 4.69) is 17.2 Å². The minimum atomic E-state index is -3.80. The van der Waals surface area contributed by atoms with Crippen molar-refractivity contribution in [3.63, 3.8) is 0 Å². The lowest BCUT2D eigenvalue weighted by Gasteiger charge is -2.01. The maximum atomic E-state index is 11.7. The van der Waals surface area contributed by atoms with Crippen LogP contribution in [0.1, 0.15) is 57.6 Å². The summed E-state index contributed by atoms with van der Waals surface area (Å²) in [6.45, 7) is 3.72. The van der Waals surface area contributed by atoms with Gasteiger partial charge in [0.2, 0.25) is 5.91 Å². The van der Waals surface area contributed by atoms with Crippen molar-refractivity contribution in [2.75, 3.05) is 5.32 Å². The number of aryl methyl sites for hydroxylation is 1. The van der Waals surface area contributed by atoms with E-state index in [1.165, 1.54) is 19.3 Å². The molecule has 1 amide bonds. The molecule has 1 N–H and O–H groups in total. The maximum Gasteiger partial charge on any atom is 0.272 e. The summed E-state index contributed by atoms with van der Waals surface area (Å²) in [4.78, 5) is 15.8. The molecule has 1 heterocycles. The number of nitrogens with zero attached hydrogens (tertiary/aromatic N) is 1. The van der Waals surface area contributed by atoms with Gasteiger partial charge in [-0.25, -0.2) is 13.4 Å². The predicted octanol–water partition coefficient (Wildman–Crippen LogP) is 4.07. The molecule has 5 nitrogen and oxygen atoms in total. The highest BCUT2D eigenvalue weighted by Crippen LogP contribution is 2.29. The van der Waals surface area contributed by atoms with Gasteiger partial charge in [0.25, 0.3) is 9.05 Å². The molecule has 0 spiro atoms. The largest absolute Gasteiger partial charge is 0.302 e. The Hall–Kier alpha value is -0.660. The van der Waals surface area contributed by atoms with Crippen LogP contribution in [0, 0.1) is 6.92 Å². The summed E-state index contributed by atoms with van der Waals surface area (Å²) >= 11 is 0.882. The number of nitrogens with one attached hydrogen (secondary N) is 1. The van der Waals surface area contributed by atoms with Gasteiger partial charge in [-0.1, -0.05) is 50.4 Å². The quantitative estimate of drug-likeness (QED) is 0.537. The van der Waals surface area contributed by atoms with Crippen molar-refractivity contribution in [3.05, 3.63) is 5.69 Å². The highest BCUT2D eigenvalue weighted by Gasteiger charge is 2.19. The van der Waals surface area contributed by atoms with Gasteiger partial charge in [0.1, 0.15) is 0 Å². The first-order valence-electron chi connectivity index (χ1n) is 7.06. The number of carbonyl (C=O) groups excluding carboxylic acids is 1. The molecule has 0 unspecified atom stereocenters. The van der Waals surface area contributed by atoms with Gasteiger partial charge in [-0.2, -0.15) is 0 Å². The number of aromatic nitrogens is 1. The molecule has 0 aliphatic carbocycles. The molecule has 0 atom stereocenters. The number of amides is 1. The molecule has 0 fully saturated rings. The SMILES string of the molecule is CCCCCCCCC(=O)Nc1nc(C)c(S(=O)(=O)Cl)s1. The van der Waals surface area contributed by atoms with Crippen LogP contribution >= 0.6 is 22.0 Å². The zero-order valence-electron chi connectivity index (χ0n) is 12.3. The third kappa shape index (κ3) is 6.76. The van der Waals surface area contributed by atoms with Crippen molar-refractivity contribution in [2.45, 2.75) is 63.0 Å². The second kappa shape index (κ2) is 8.70. The monoisotopic (exact) mass is 352 g/mol. The van der Waals surface area contributed by atoms with Crippen LogP contribution in [-0.2, 0) is 13.8 Å². The Bertz CT molecular complexity index is 570. The van der Waals surface area contributed by atoms with E-state index >= 15 is 0 Å². The number of rotatable bonds is 9. The van der Waals surface area contributed by atoms with E-state index in [9.17, 15) is 13.2 Å². The molecular weight excluding hydrogens is 332 g/mol. The van der Waals surface area contributed by atoms with Gasteiger partial charge in [0.05, 0.1) is 5.69 Å². The highest BCUT2D eigenvalue weighted by atomic mass is 35.7. The van der Waals surface area contributed by atoms with E-state index < -0.39 is 9.05 Å². The van der Waals surface area contributed by atoms with Crippen molar-refractivity contribution >= 4 is 42.1 Å². The molecule has 1 rings (SSSR count). The van der Waals surface area contributed by atoms with Crippen molar-refractivity contribution in [1.82, 2.24) is 4.98 Å². The fourth-order valence-electron chi connectivity index (χ4n) is 1.91. The summed E-state index contributed by atoms with van der Waals surface area (Å²) < 4.78 is 22.5. The number of hydrogen-bond donors (Lipinski definition) is 1. The second-order valence-corrected chi connectivity index (χ2v) is 8.66. The summed E-state index contributed by atoms with van der Waals surface area (Å²) in [6.07, 6.45) is 7.09. The van der Waals surface area contributed by atoms with Crippen LogP contribution in [0.2, 0.25) is 0 Å². The minimum Gasteiger partial charge on any atom is -0.302 e. The maximum absolute atomic E-state index is 11.7. The van der Waals surface area contributed by atoms with E-state index in [4.69, 9.17) is 10.7 Å². The second-order valence-electron chi connectivity index (χ2n) is 4.90. The first-order valence-corrected chi connectivity index (χ1v) is 10.2. The molecule has 120 valence electrons. The van der Waals surface area contributed by atoms with Gasteiger partial charge in [-0.15, -0.1) is 0 Å². The normalized spacial score (nSPS) is 11.6. The molecule has 0 bridgehead atoms. The van der Waals surface area contributed by atoms with Gasteiger partial charge >= 0.3 is 0 Å². The molecule has 0 aliphatic heterocycles. The fraction of sp³-hybridized carbons (Fsp3) is 0.692. The lowest BCUT2D eigenvalue weighted by Crippen LogP contribution is -2.10. The lowest BCUT2D eigenvalue weighted by molar-refractivity contribution is -0.116. The van der Waals surface area contributed by atoms with Crippen molar-refractivity contribution < 1.29 is 13.2 Å². The third-order valence-electron chi connectivity index (χ3n) is 2.98. The molecule has 1 aromatic rings. The topological polar surface area (TPSA) is 76.1 Å². The van der Waals surface area contributed by atoms with Crippen LogP contribution in [-0.4, -0.2) is 19.3 Å². The number of unbranched alkanes of at least 4 members (excludes halogenated alkanes) is 5. The molecule has 0 radical (unpaired) electrons. The van der Waals surface area contributed by atoms with Crippen molar-refractivity contribution in [1.29, 1.82) is 0 Å². The van der Waals surface area contributed by atoms with Gasteiger partial charge in [-0.3, -0.25) is 4.79 Å². The molecule has 8 heteroatoms. The third-order valence-corrected chi connectivity index (χ3v) is 6.23. The van der Waals surface area contributed by atoms with Crippen LogP contribution < -0.4 is 5.32 Å². The van der Waals surface area contributed by atoms with Gasteiger partial charge < -0.3 is 5.32 Å². The Morgan fingerprint density at radius 2 is 1.86 bits per heavy atom. The van der Waals surface area contributed by atoms with E-state index in [-0.39, 0.29) is 15.2 Å². The summed E-state index contributed by atoms with van der Waals surface area (Å²) in [6, 6.07) is 0. The Balaban J connectivity index is 2.39. The van der Waals surface area contributed by atoms with E-state index in [1.54, 1.807) is 6.92 Å². The summed E-state index contributed by atoms with van der Waals surface area (Å²) in [7, 11) is 1.49. The number of anilines is 1. The molecule has 0 saturated heterocycles. The fourth-order valence-corrected chi connectivity index (χ4v) is 4.28. The van der Waals surface area contributed by atoms with E-state index in [1.807, 2.05) is 0 Å². The van der Waals surface area contributed by atoms with E-state index in [0.29, 0.717) is 12.1 Å². The van der Waals surface area contributed by atoms with Crippen molar-refractivity contribution in [2.24, 2.45) is 0 Å². The van der Waals surface area contributed by atoms with Crippen LogP contribution in [0.5, 0.6) is 0 Å². The molecular formula is C13H21ClN2O3S2. The minimum absolute atomic E-state index is 0.0148. The molecule has 0 aromatic carbocycles. The van der Waals surface area contributed by atoms with Crippen LogP contribution in [0.3, 0.4) is 0 Å². The summed E-state index contributed by atoms with van der Waals surface area (Å²) in [5, 5.41) is 2.90. The first kappa shape index (κ1) is 18.4. The molecule has 21 heavy (non-hydrogen) atoms. The summed E-state index contributed by atoms with van der Waals surface area (Å²) in [5.74, 6) is -0.141. The van der Waals surface area contributed by atoms with Crippen LogP contribution in [0.15, 0.2) is 4.21 Å². The molecule has 0 saturated carbocycles. The standard InChI is InChI=1S/C13H21ClN2O3S2/c1-3-4-5-6-7-8-9-11(17)16-13-15-10(2)12(20-13)21(14,18)19/h3-9H2,1-2H3,(H,15,16,17). The lowest BCUT2D eigenvalue weighted by atomic mass is 10.1. The Labute approximate surface area is 134 Å². The summed E-state index contributed by atoms with van der Waals surface area (Å²) in [5.41, 5.74) is 0.310. The van der Waals surface area contributed by atoms with Gasteiger partial charge in [-0.05, 0) is 13.3 Å². The zero-order chi connectivity index (χ0) is 15.9. The Morgan fingerprint density at radius 3 is 2.43 bits per heavy atom.